The molecule has 0 saturated carbocycles. The smallest absolute Gasteiger partial charge is 0.371 e. The molecule has 0 unspecified atom stereocenters. The first-order chi connectivity index (χ1) is 8.65. The van der Waals surface area contributed by atoms with E-state index in [-0.39, 0.29) is 5.82 Å². The van der Waals surface area contributed by atoms with Gasteiger partial charge in [0, 0.05) is 16.6 Å². The highest BCUT2D eigenvalue weighted by molar-refractivity contribution is 5.86. The molecule has 0 radical (unpaired) electrons. The summed E-state index contributed by atoms with van der Waals surface area (Å²) in [6.45, 7) is 1.80. The van der Waals surface area contributed by atoms with Crippen LogP contribution >= 0.6 is 0 Å². The van der Waals surface area contributed by atoms with E-state index in [1.807, 2.05) is 24.3 Å². The van der Waals surface area contributed by atoms with E-state index in [2.05, 4.69) is 9.97 Å². The standard InChI is InChI=1S/C13H10N2O3/c1-7-11(15-12(14-7)13(16)17)9-2-3-10-8(6-9)4-5-18-10/h2-6H,1H3,(H,14,15)(H,16,17). The SMILES string of the molecule is Cc1[nH]c(C(=O)O)nc1-c1ccc2occc2c1. The number of imidazole rings is 1. The summed E-state index contributed by atoms with van der Waals surface area (Å²) in [5, 5.41) is 9.86. The number of rotatable bonds is 2. The van der Waals surface area contributed by atoms with Gasteiger partial charge in [-0.2, -0.15) is 0 Å². The predicted octanol–water partition coefficient (Wildman–Crippen LogP) is 2.83. The van der Waals surface area contributed by atoms with Crippen LogP contribution in [-0.2, 0) is 0 Å². The average Bonchev–Trinajstić information content (AvgIpc) is 2.93. The summed E-state index contributed by atoms with van der Waals surface area (Å²) in [6, 6.07) is 7.49. The van der Waals surface area contributed by atoms with Crippen molar-refractivity contribution >= 4 is 16.9 Å². The van der Waals surface area contributed by atoms with E-state index in [1.165, 1.54) is 0 Å². The summed E-state index contributed by atoms with van der Waals surface area (Å²) in [5.41, 5.74) is 3.04. The van der Waals surface area contributed by atoms with Crippen LogP contribution in [0.25, 0.3) is 22.2 Å². The Morgan fingerprint density at radius 3 is 2.94 bits per heavy atom. The highest BCUT2D eigenvalue weighted by Crippen LogP contribution is 2.26. The summed E-state index contributed by atoms with van der Waals surface area (Å²) in [4.78, 5) is 17.7. The van der Waals surface area contributed by atoms with Crippen LogP contribution in [0.2, 0.25) is 0 Å². The van der Waals surface area contributed by atoms with E-state index >= 15 is 0 Å². The first kappa shape index (κ1) is 10.6. The number of carbonyl (C=O) groups is 1. The zero-order valence-electron chi connectivity index (χ0n) is 9.60. The van der Waals surface area contributed by atoms with Gasteiger partial charge < -0.3 is 14.5 Å². The normalized spacial score (nSPS) is 10.9. The van der Waals surface area contributed by atoms with Gasteiger partial charge in [-0.1, -0.05) is 0 Å². The molecule has 2 N–H and O–H groups in total. The molecule has 90 valence electrons. The number of aromatic amines is 1. The summed E-state index contributed by atoms with van der Waals surface area (Å²) in [5.74, 6) is -1.11. The Labute approximate surface area is 102 Å². The number of H-pyrrole nitrogens is 1. The van der Waals surface area contributed by atoms with Crippen molar-refractivity contribution in [3.05, 3.63) is 42.0 Å². The van der Waals surface area contributed by atoms with Crippen LogP contribution in [0.4, 0.5) is 0 Å². The number of furan rings is 1. The molecule has 2 heterocycles. The topological polar surface area (TPSA) is 79.1 Å². The maximum atomic E-state index is 10.9. The highest BCUT2D eigenvalue weighted by Gasteiger charge is 2.14. The van der Waals surface area contributed by atoms with Crippen molar-refractivity contribution < 1.29 is 14.3 Å². The van der Waals surface area contributed by atoms with Gasteiger partial charge >= 0.3 is 5.97 Å². The Hall–Kier alpha value is -2.56. The van der Waals surface area contributed by atoms with Crippen molar-refractivity contribution in [3.63, 3.8) is 0 Å². The maximum Gasteiger partial charge on any atom is 0.371 e. The third-order valence-corrected chi connectivity index (χ3v) is 2.81. The number of aromatic nitrogens is 2. The minimum atomic E-state index is -1.06. The molecular formula is C13H10N2O3. The van der Waals surface area contributed by atoms with Crippen molar-refractivity contribution in [2.45, 2.75) is 6.92 Å². The number of nitrogens with zero attached hydrogens (tertiary/aromatic N) is 1. The van der Waals surface area contributed by atoms with Crippen molar-refractivity contribution in [3.8, 4) is 11.3 Å². The van der Waals surface area contributed by atoms with Crippen LogP contribution in [0.15, 0.2) is 34.9 Å². The van der Waals surface area contributed by atoms with E-state index < -0.39 is 5.97 Å². The Balaban J connectivity index is 2.15. The van der Waals surface area contributed by atoms with E-state index in [4.69, 9.17) is 9.52 Å². The van der Waals surface area contributed by atoms with Gasteiger partial charge in [0.2, 0.25) is 5.82 Å². The minimum Gasteiger partial charge on any atom is -0.475 e. The zero-order chi connectivity index (χ0) is 12.7. The van der Waals surface area contributed by atoms with Crippen molar-refractivity contribution in [2.24, 2.45) is 0 Å². The first-order valence-corrected chi connectivity index (χ1v) is 5.42. The lowest BCUT2D eigenvalue weighted by molar-refractivity contribution is 0.0684. The number of aromatic carboxylic acids is 1. The second-order valence-corrected chi connectivity index (χ2v) is 4.04. The van der Waals surface area contributed by atoms with Crippen molar-refractivity contribution in [2.75, 3.05) is 0 Å². The summed E-state index contributed by atoms with van der Waals surface area (Å²) in [7, 11) is 0. The molecule has 0 fully saturated rings. The molecule has 0 atom stereocenters. The second kappa shape index (κ2) is 3.73. The van der Waals surface area contributed by atoms with Gasteiger partial charge in [0.1, 0.15) is 5.58 Å². The van der Waals surface area contributed by atoms with Gasteiger partial charge in [0.15, 0.2) is 0 Å². The first-order valence-electron chi connectivity index (χ1n) is 5.42. The minimum absolute atomic E-state index is 0.0465. The van der Waals surface area contributed by atoms with Crippen LogP contribution in [0.1, 0.15) is 16.3 Å². The number of carboxylic acids is 1. The third kappa shape index (κ3) is 1.57. The summed E-state index contributed by atoms with van der Waals surface area (Å²) in [6.07, 6.45) is 1.62. The van der Waals surface area contributed by atoms with Crippen LogP contribution < -0.4 is 0 Å². The lowest BCUT2D eigenvalue weighted by Crippen LogP contribution is -1.98. The van der Waals surface area contributed by atoms with Gasteiger partial charge in [-0.25, -0.2) is 9.78 Å². The fourth-order valence-electron chi connectivity index (χ4n) is 1.96. The Bertz CT molecular complexity index is 740. The van der Waals surface area contributed by atoms with Crippen LogP contribution in [0, 0.1) is 6.92 Å². The number of benzene rings is 1. The zero-order valence-corrected chi connectivity index (χ0v) is 9.60. The van der Waals surface area contributed by atoms with Crippen LogP contribution in [-0.4, -0.2) is 21.0 Å². The van der Waals surface area contributed by atoms with Gasteiger partial charge in [-0.3, -0.25) is 0 Å². The van der Waals surface area contributed by atoms with E-state index in [0.29, 0.717) is 5.69 Å². The van der Waals surface area contributed by atoms with Crippen LogP contribution in [0.3, 0.4) is 0 Å². The van der Waals surface area contributed by atoms with Crippen molar-refractivity contribution in [1.29, 1.82) is 0 Å². The lowest BCUT2D eigenvalue weighted by atomic mass is 10.1. The number of nitrogens with one attached hydrogen (secondary N) is 1. The molecule has 1 aromatic carbocycles. The predicted molar refractivity (Wildman–Crippen MR) is 65.5 cm³/mol. The van der Waals surface area contributed by atoms with E-state index in [1.54, 1.807) is 13.2 Å². The van der Waals surface area contributed by atoms with Gasteiger partial charge in [-0.15, -0.1) is 0 Å². The molecular weight excluding hydrogens is 232 g/mol. The number of hydrogen-bond donors (Lipinski definition) is 2. The lowest BCUT2D eigenvalue weighted by Gasteiger charge is -1.98. The quantitative estimate of drug-likeness (QED) is 0.724. The largest absolute Gasteiger partial charge is 0.475 e. The molecule has 2 aromatic heterocycles. The Morgan fingerprint density at radius 1 is 1.39 bits per heavy atom. The molecule has 0 aliphatic heterocycles. The van der Waals surface area contributed by atoms with Gasteiger partial charge in [-0.05, 0) is 31.2 Å². The number of aryl methyl sites for hydroxylation is 1. The molecule has 0 bridgehead atoms. The number of fused-ring (bicyclic) bond motifs is 1. The van der Waals surface area contributed by atoms with E-state index in [9.17, 15) is 4.79 Å². The monoisotopic (exact) mass is 242 g/mol. The average molecular weight is 242 g/mol. The molecule has 0 saturated heterocycles. The molecule has 0 amide bonds. The molecule has 0 aliphatic rings. The fraction of sp³-hybridized carbons (Fsp3) is 0.0769. The van der Waals surface area contributed by atoms with Crippen LogP contribution in [0.5, 0.6) is 0 Å². The maximum absolute atomic E-state index is 10.9. The van der Waals surface area contributed by atoms with E-state index in [0.717, 1.165) is 22.2 Å². The molecule has 5 heteroatoms. The molecule has 3 aromatic rings. The Kier molecular flexibility index (Phi) is 2.19. The second-order valence-electron chi connectivity index (χ2n) is 4.04. The third-order valence-electron chi connectivity index (χ3n) is 2.81. The molecule has 0 aliphatic carbocycles. The summed E-state index contributed by atoms with van der Waals surface area (Å²) >= 11 is 0. The number of hydrogen-bond acceptors (Lipinski definition) is 3. The van der Waals surface area contributed by atoms with Gasteiger partial charge in [0.25, 0.3) is 0 Å². The summed E-state index contributed by atoms with van der Waals surface area (Å²) < 4.78 is 5.26. The molecule has 3 rings (SSSR count). The molecule has 5 nitrogen and oxygen atoms in total. The Morgan fingerprint density at radius 2 is 2.22 bits per heavy atom. The number of carboxylic acid groups (broad SMARTS) is 1. The van der Waals surface area contributed by atoms with Crippen molar-refractivity contribution in [1.82, 2.24) is 9.97 Å². The highest BCUT2D eigenvalue weighted by atomic mass is 16.4. The fourth-order valence-corrected chi connectivity index (χ4v) is 1.96. The van der Waals surface area contributed by atoms with Gasteiger partial charge in [0.05, 0.1) is 12.0 Å². The molecule has 0 spiro atoms. The molecule has 18 heavy (non-hydrogen) atoms.